The molecule has 0 saturated carbocycles. The third-order valence-corrected chi connectivity index (χ3v) is 4.71. The second-order valence-corrected chi connectivity index (χ2v) is 6.89. The van der Waals surface area contributed by atoms with Crippen LogP contribution in [-0.4, -0.2) is 56.5 Å². The summed E-state index contributed by atoms with van der Waals surface area (Å²) in [6.07, 6.45) is 0. The third kappa shape index (κ3) is 6.27. The Hall–Kier alpha value is -2.97. The van der Waals surface area contributed by atoms with E-state index in [2.05, 4.69) is 15.4 Å². The van der Waals surface area contributed by atoms with E-state index in [0.29, 0.717) is 5.71 Å². The van der Waals surface area contributed by atoms with Gasteiger partial charge in [-0.15, -0.1) is 0 Å². The Morgan fingerprint density at radius 3 is 2.77 bits per heavy atom. The number of halogens is 1. The predicted molar refractivity (Wildman–Crippen MR) is 111 cm³/mol. The maximum atomic E-state index is 13.1. The highest BCUT2D eigenvalue weighted by Crippen LogP contribution is 2.22. The van der Waals surface area contributed by atoms with Gasteiger partial charge >= 0.3 is 0 Å². The van der Waals surface area contributed by atoms with Crippen molar-refractivity contribution >= 4 is 11.6 Å². The second kappa shape index (κ2) is 10.7. The lowest BCUT2D eigenvalue weighted by Gasteiger charge is -2.27. The summed E-state index contributed by atoms with van der Waals surface area (Å²) in [6.45, 7) is 5.52. The molecule has 0 unspecified atom stereocenters. The molecule has 1 N–H and O–H groups in total. The van der Waals surface area contributed by atoms with Crippen LogP contribution >= 0.6 is 0 Å². The Balaban J connectivity index is 1.60. The van der Waals surface area contributed by atoms with Gasteiger partial charge in [-0.25, -0.2) is 9.82 Å². The summed E-state index contributed by atoms with van der Waals surface area (Å²) >= 11 is 0. The minimum atomic E-state index is -0.430. The van der Waals surface area contributed by atoms with Crippen LogP contribution < -0.4 is 14.9 Å². The first-order valence-corrected chi connectivity index (χ1v) is 9.74. The van der Waals surface area contributed by atoms with Gasteiger partial charge in [0.1, 0.15) is 17.3 Å². The number of carbonyl (C=O) groups is 1. The number of morpholine rings is 1. The topological polar surface area (TPSA) is 72.4 Å². The molecule has 0 aliphatic carbocycles. The highest BCUT2D eigenvalue weighted by molar-refractivity contribution is 5.99. The van der Waals surface area contributed by atoms with Crippen LogP contribution in [-0.2, 0) is 16.1 Å². The fourth-order valence-electron chi connectivity index (χ4n) is 3.08. The van der Waals surface area contributed by atoms with E-state index >= 15 is 0 Å². The lowest BCUT2D eigenvalue weighted by Crippen LogP contribution is -2.35. The molecule has 1 heterocycles. The number of carbonyl (C=O) groups excluding carboxylic acids is 1. The van der Waals surface area contributed by atoms with Crippen molar-refractivity contribution in [1.29, 1.82) is 0 Å². The van der Waals surface area contributed by atoms with Crippen LogP contribution in [0.1, 0.15) is 18.1 Å². The van der Waals surface area contributed by atoms with E-state index in [-0.39, 0.29) is 12.4 Å². The molecular weight excluding hydrogens is 389 g/mol. The number of nitrogens with zero attached hydrogens (tertiary/aromatic N) is 2. The molecule has 7 nitrogen and oxygen atoms in total. The van der Waals surface area contributed by atoms with E-state index in [4.69, 9.17) is 14.2 Å². The Labute approximate surface area is 175 Å². The molecule has 1 amide bonds. The second-order valence-electron chi connectivity index (χ2n) is 6.89. The van der Waals surface area contributed by atoms with Crippen LogP contribution in [0.3, 0.4) is 0 Å². The highest BCUT2D eigenvalue weighted by Gasteiger charge is 2.14. The van der Waals surface area contributed by atoms with Crippen molar-refractivity contribution < 1.29 is 23.4 Å². The molecule has 0 aromatic heterocycles. The van der Waals surface area contributed by atoms with Gasteiger partial charge in [-0.2, -0.15) is 5.10 Å². The molecule has 0 atom stereocenters. The number of hydrazone groups is 1. The van der Waals surface area contributed by atoms with E-state index < -0.39 is 11.7 Å². The van der Waals surface area contributed by atoms with Gasteiger partial charge in [0.25, 0.3) is 5.91 Å². The Kier molecular flexibility index (Phi) is 7.75. The standard InChI is InChI=1S/C22H26FN3O4/c1-16(24-25-22(27)15-30-20-5-3-4-19(23)13-20)17-6-7-21(28-2)18(12-17)14-26-8-10-29-11-9-26/h3-7,12-13H,8-11,14-15H2,1-2H3,(H,25,27)/b24-16-. The van der Waals surface area contributed by atoms with Crippen molar-refractivity contribution in [2.45, 2.75) is 13.5 Å². The van der Waals surface area contributed by atoms with Crippen LogP contribution in [0.4, 0.5) is 4.39 Å². The number of ether oxygens (including phenoxy) is 3. The van der Waals surface area contributed by atoms with Crippen LogP contribution in [0.15, 0.2) is 47.6 Å². The van der Waals surface area contributed by atoms with Crippen molar-refractivity contribution in [2.24, 2.45) is 5.10 Å². The first-order chi connectivity index (χ1) is 14.5. The first kappa shape index (κ1) is 21.7. The first-order valence-electron chi connectivity index (χ1n) is 9.74. The lowest BCUT2D eigenvalue weighted by atomic mass is 10.1. The Morgan fingerprint density at radius 1 is 1.23 bits per heavy atom. The molecule has 2 aromatic carbocycles. The molecule has 30 heavy (non-hydrogen) atoms. The summed E-state index contributed by atoms with van der Waals surface area (Å²) < 4.78 is 29.3. The Morgan fingerprint density at radius 2 is 2.03 bits per heavy atom. The van der Waals surface area contributed by atoms with E-state index in [1.165, 1.54) is 18.2 Å². The molecule has 0 bridgehead atoms. The number of benzene rings is 2. The number of methoxy groups -OCH3 is 1. The van der Waals surface area contributed by atoms with Gasteiger partial charge in [0.2, 0.25) is 0 Å². The lowest BCUT2D eigenvalue weighted by molar-refractivity contribution is -0.123. The fraction of sp³-hybridized carbons (Fsp3) is 0.364. The van der Waals surface area contributed by atoms with Crippen LogP contribution in [0.2, 0.25) is 0 Å². The van der Waals surface area contributed by atoms with Crippen LogP contribution in [0.5, 0.6) is 11.5 Å². The molecule has 0 radical (unpaired) electrons. The van der Waals surface area contributed by atoms with Crippen molar-refractivity contribution in [2.75, 3.05) is 40.0 Å². The predicted octanol–water partition coefficient (Wildman–Crippen LogP) is 2.59. The average Bonchev–Trinajstić information content (AvgIpc) is 2.76. The molecule has 1 fully saturated rings. The summed E-state index contributed by atoms with van der Waals surface area (Å²) in [4.78, 5) is 14.3. The molecule has 1 aliphatic heterocycles. The van der Waals surface area contributed by atoms with E-state index in [1.54, 1.807) is 13.2 Å². The summed E-state index contributed by atoms with van der Waals surface area (Å²) in [5.74, 6) is 0.245. The van der Waals surface area contributed by atoms with Gasteiger partial charge in [0, 0.05) is 31.3 Å². The van der Waals surface area contributed by atoms with Crippen LogP contribution in [0.25, 0.3) is 0 Å². The molecule has 3 rings (SSSR count). The van der Waals surface area contributed by atoms with Crippen molar-refractivity contribution in [3.63, 3.8) is 0 Å². The summed E-state index contributed by atoms with van der Waals surface area (Å²) in [7, 11) is 1.65. The number of amides is 1. The number of rotatable bonds is 8. The minimum absolute atomic E-state index is 0.259. The van der Waals surface area contributed by atoms with E-state index in [9.17, 15) is 9.18 Å². The van der Waals surface area contributed by atoms with Crippen molar-refractivity contribution in [3.05, 3.63) is 59.4 Å². The van der Waals surface area contributed by atoms with Gasteiger partial charge in [-0.05, 0) is 42.8 Å². The van der Waals surface area contributed by atoms with E-state index in [1.807, 2.05) is 25.1 Å². The zero-order valence-electron chi connectivity index (χ0n) is 17.2. The zero-order chi connectivity index (χ0) is 21.3. The smallest absolute Gasteiger partial charge is 0.277 e. The van der Waals surface area contributed by atoms with Crippen molar-refractivity contribution in [3.8, 4) is 11.5 Å². The molecule has 0 spiro atoms. The van der Waals surface area contributed by atoms with E-state index in [0.717, 1.165) is 49.7 Å². The quantitative estimate of drug-likeness (QED) is 0.530. The molecule has 1 saturated heterocycles. The van der Waals surface area contributed by atoms with Gasteiger partial charge in [0.15, 0.2) is 6.61 Å². The molecule has 1 aliphatic rings. The normalized spacial score (nSPS) is 15.0. The van der Waals surface area contributed by atoms with Crippen LogP contribution in [0, 0.1) is 5.82 Å². The molecule has 2 aromatic rings. The number of hydrogen-bond acceptors (Lipinski definition) is 6. The zero-order valence-corrected chi connectivity index (χ0v) is 17.2. The number of hydrogen-bond donors (Lipinski definition) is 1. The van der Waals surface area contributed by atoms with Gasteiger partial charge in [0.05, 0.1) is 26.0 Å². The van der Waals surface area contributed by atoms with Gasteiger partial charge in [-0.3, -0.25) is 9.69 Å². The average molecular weight is 415 g/mol. The maximum absolute atomic E-state index is 13.1. The molecule has 8 heteroatoms. The third-order valence-electron chi connectivity index (χ3n) is 4.71. The minimum Gasteiger partial charge on any atom is -0.496 e. The van der Waals surface area contributed by atoms with Gasteiger partial charge < -0.3 is 14.2 Å². The molecule has 160 valence electrons. The van der Waals surface area contributed by atoms with Gasteiger partial charge in [-0.1, -0.05) is 6.07 Å². The SMILES string of the molecule is COc1ccc(/C(C)=N\NC(=O)COc2cccc(F)c2)cc1CN1CCOCC1. The summed E-state index contributed by atoms with van der Waals surface area (Å²) in [5, 5.41) is 4.16. The highest BCUT2D eigenvalue weighted by atomic mass is 19.1. The largest absolute Gasteiger partial charge is 0.496 e. The summed E-state index contributed by atoms with van der Waals surface area (Å²) in [6, 6.07) is 11.4. The van der Waals surface area contributed by atoms with Crippen molar-refractivity contribution in [1.82, 2.24) is 10.3 Å². The summed E-state index contributed by atoms with van der Waals surface area (Å²) in [5.41, 5.74) is 5.05. The maximum Gasteiger partial charge on any atom is 0.277 e. The fourth-order valence-corrected chi connectivity index (χ4v) is 3.08. The number of nitrogens with one attached hydrogen (secondary N) is 1. The Bertz CT molecular complexity index is 898. The monoisotopic (exact) mass is 415 g/mol. The molecular formula is C22H26FN3O4.